The van der Waals surface area contributed by atoms with Crippen LogP contribution in [0.2, 0.25) is 0 Å². The first-order valence-electron chi connectivity index (χ1n) is 3.09. The van der Waals surface area contributed by atoms with E-state index in [2.05, 4.69) is 0 Å². The Labute approximate surface area is 115 Å². The van der Waals surface area contributed by atoms with Crippen LogP contribution >= 0.6 is 0 Å². The fraction of sp³-hybridized carbons (Fsp3) is 0. The first-order chi connectivity index (χ1) is 5.41. The van der Waals surface area contributed by atoms with Gasteiger partial charge in [0.15, 0.2) is 5.82 Å². The van der Waals surface area contributed by atoms with Crippen molar-refractivity contribution in [1.29, 1.82) is 0 Å². The van der Waals surface area contributed by atoms with Gasteiger partial charge in [0.1, 0.15) is 5.75 Å². The molecule has 0 aliphatic rings. The molecule has 13 heavy (non-hydrogen) atoms. The van der Waals surface area contributed by atoms with Gasteiger partial charge in [0.05, 0.1) is 0 Å². The molecule has 66 valence electrons. The van der Waals surface area contributed by atoms with Crippen LogP contribution in [0.15, 0.2) is 18.2 Å². The predicted octanol–water partition coefficient (Wildman–Crippen LogP) is -1.41. The zero-order valence-corrected chi connectivity index (χ0v) is 9.89. The van der Waals surface area contributed by atoms with Crippen LogP contribution in [0.5, 0.6) is 5.75 Å². The Hall–Kier alpha value is 0.441. The Kier molecular flexibility index (Phi) is 4.95. The third-order valence-corrected chi connectivity index (χ3v) is 1.35. The standard InChI is InChI=1S/C6H4BF4O.K/c8-5-2-1-4(3-6(5)12)7(9,10)11;/h1-3,12H;/q-1;+1. The minimum Gasteiger partial charge on any atom is -0.505 e. The summed E-state index contributed by atoms with van der Waals surface area (Å²) in [6, 6.07) is 1.55. The fourth-order valence-corrected chi connectivity index (χ4v) is 0.733. The van der Waals surface area contributed by atoms with Gasteiger partial charge in [-0.3, -0.25) is 0 Å². The van der Waals surface area contributed by atoms with Crippen molar-refractivity contribution in [1.82, 2.24) is 0 Å². The second kappa shape index (κ2) is 4.79. The van der Waals surface area contributed by atoms with E-state index in [0.29, 0.717) is 18.2 Å². The average Bonchev–Trinajstić information content (AvgIpc) is 1.92. The zero-order chi connectivity index (χ0) is 9.35. The van der Waals surface area contributed by atoms with Gasteiger partial charge in [0.25, 0.3) is 0 Å². The third kappa shape index (κ3) is 3.59. The number of phenolic OH excluding ortho intramolecular Hbond substituents is 1. The van der Waals surface area contributed by atoms with Crippen molar-refractivity contribution in [2.24, 2.45) is 0 Å². The number of phenols is 1. The van der Waals surface area contributed by atoms with Crippen molar-refractivity contribution in [3.05, 3.63) is 24.0 Å². The smallest absolute Gasteiger partial charge is 0.505 e. The number of hydrogen-bond acceptors (Lipinski definition) is 1. The monoisotopic (exact) mass is 218 g/mol. The molecule has 0 saturated carbocycles. The Bertz CT molecular complexity index is 301. The van der Waals surface area contributed by atoms with E-state index in [-0.39, 0.29) is 51.4 Å². The van der Waals surface area contributed by atoms with Crippen molar-refractivity contribution >= 4 is 12.4 Å². The van der Waals surface area contributed by atoms with E-state index in [4.69, 9.17) is 5.11 Å². The van der Waals surface area contributed by atoms with Gasteiger partial charge in [-0.15, -0.1) is 5.46 Å². The number of rotatable bonds is 1. The largest absolute Gasteiger partial charge is 1.00 e. The van der Waals surface area contributed by atoms with Crippen molar-refractivity contribution in [3.63, 3.8) is 0 Å². The number of hydrogen-bond donors (Lipinski definition) is 1. The number of halogens is 4. The average molecular weight is 218 g/mol. The van der Waals surface area contributed by atoms with Gasteiger partial charge in [0.2, 0.25) is 0 Å². The van der Waals surface area contributed by atoms with Gasteiger partial charge in [-0.25, -0.2) is 4.39 Å². The summed E-state index contributed by atoms with van der Waals surface area (Å²) in [7, 11) is 0. The molecule has 1 N–H and O–H groups in total. The van der Waals surface area contributed by atoms with Gasteiger partial charge in [0, 0.05) is 0 Å². The molecule has 0 saturated heterocycles. The van der Waals surface area contributed by atoms with E-state index in [1.165, 1.54) is 0 Å². The second-order valence-corrected chi connectivity index (χ2v) is 2.29. The van der Waals surface area contributed by atoms with Gasteiger partial charge >= 0.3 is 58.4 Å². The van der Waals surface area contributed by atoms with Crippen LogP contribution in [-0.2, 0) is 0 Å². The Morgan fingerprint density at radius 3 is 2.08 bits per heavy atom. The molecule has 0 aliphatic carbocycles. The molecule has 1 aromatic rings. The maximum atomic E-state index is 12.3. The topological polar surface area (TPSA) is 20.2 Å². The summed E-state index contributed by atoms with van der Waals surface area (Å²) in [4.78, 5) is 0. The molecule has 1 nitrogen and oxygen atoms in total. The maximum Gasteiger partial charge on any atom is 1.00 e. The molecular formula is C6H4BF4KO. The Balaban J connectivity index is 0.00000144. The van der Waals surface area contributed by atoms with Crippen molar-refractivity contribution < 1.29 is 73.8 Å². The van der Waals surface area contributed by atoms with Crippen LogP contribution in [0.4, 0.5) is 17.3 Å². The van der Waals surface area contributed by atoms with Crippen molar-refractivity contribution in [2.45, 2.75) is 0 Å². The molecule has 7 heteroatoms. The molecule has 0 atom stereocenters. The van der Waals surface area contributed by atoms with E-state index in [1.54, 1.807) is 0 Å². The van der Waals surface area contributed by atoms with E-state index in [9.17, 15) is 17.3 Å². The maximum absolute atomic E-state index is 12.3. The summed E-state index contributed by atoms with van der Waals surface area (Å²) in [5, 5.41) is 8.60. The first kappa shape index (κ1) is 13.4. The molecule has 0 fully saturated rings. The summed E-state index contributed by atoms with van der Waals surface area (Å²) < 4.78 is 48.1. The Morgan fingerprint density at radius 1 is 1.15 bits per heavy atom. The molecule has 1 aromatic carbocycles. The first-order valence-corrected chi connectivity index (χ1v) is 3.09. The Morgan fingerprint density at radius 2 is 1.69 bits per heavy atom. The van der Waals surface area contributed by atoms with E-state index < -0.39 is 24.0 Å². The summed E-state index contributed by atoms with van der Waals surface area (Å²) >= 11 is 0. The minimum atomic E-state index is -5.16. The number of benzene rings is 1. The molecule has 0 aliphatic heterocycles. The van der Waals surface area contributed by atoms with Crippen LogP contribution in [0.3, 0.4) is 0 Å². The second-order valence-electron chi connectivity index (χ2n) is 2.29. The SMILES string of the molecule is Oc1cc([B-](F)(F)F)ccc1F.[K+]. The van der Waals surface area contributed by atoms with Gasteiger partial charge in [-0.05, 0) is 12.1 Å². The summed E-state index contributed by atoms with van der Waals surface area (Å²) in [6.07, 6.45) is 0. The number of aromatic hydroxyl groups is 1. The molecule has 0 amide bonds. The molecule has 1 rings (SSSR count). The van der Waals surface area contributed by atoms with Crippen LogP contribution in [-0.4, -0.2) is 12.1 Å². The molecule has 0 heterocycles. The molecule has 0 bridgehead atoms. The van der Waals surface area contributed by atoms with E-state index >= 15 is 0 Å². The summed E-state index contributed by atoms with van der Waals surface area (Å²) in [5.74, 6) is -2.04. The normalized spacial score (nSPS) is 10.8. The summed E-state index contributed by atoms with van der Waals surface area (Å²) in [6.45, 7) is -5.16. The molecular weight excluding hydrogens is 214 g/mol. The van der Waals surface area contributed by atoms with Crippen LogP contribution in [0.25, 0.3) is 0 Å². The predicted molar refractivity (Wildman–Crippen MR) is 36.8 cm³/mol. The fourth-order valence-electron chi connectivity index (χ4n) is 0.733. The van der Waals surface area contributed by atoms with Crippen LogP contribution in [0, 0.1) is 5.82 Å². The minimum absolute atomic E-state index is 0. The molecule has 0 unspecified atom stereocenters. The van der Waals surface area contributed by atoms with Crippen molar-refractivity contribution in [3.8, 4) is 5.75 Å². The van der Waals surface area contributed by atoms with Crippen LogP contribution in [0.1, 0.15) is 0 Å². The van der Waals surface area contributed by atoms with E-state index in [1.807, 2.05) is 0 Å². The quantitative estimate of drug-likeness (QED) is 0.453. The molecule has 0 aromatic heterocycles. The van der Waals surface area contributed by atoms with Gasteiger partial charge < -0.3 is 18.1 Å². The summed E-state index contributed by atoms with van der Waals surface area (Å²) in [5.41, 5.74) is -1.01. The van der Waals surface area contributed by atoms with E-state index in [0.717, 1.165) is 0 Å². The van der Waals surface area contributed by atoms with Gasteiger partial charge in [-0.1, -0.05) is 6.07 Å². The third-order valence-electron chi connectivity index (χ3n) is 1.35. The zero-order valence-electron chi connectivity index (χ0n) is 6.77. The molecule has 0 radical (unpaired) electrons. The van der Waals surface area contributed by atoms with Crippen LogP contribution < -0.4 is 56.8 Å². The van der Waals surface area contributed by atoms with Gasteiger partial charge in [-0.2, -0.15) is 0 Å². The molecule has 0 spiro atoms. The van der Waals surface area contributed by atoms with Crippen molar-refractivity contribution in [2.75, 3.05) is 0 Å².